The maximum atomic E-state index is 12.8. The molecule has 1 aromatic carbocycles. The molecule has 3 nitrogen and oxygen atoms in total. The van der Waals surface area contributed by atoms with Crippen molar-refractivity contribution in [3.8, 4) is 11.4 Å². The van der Waals surface area contributed by atoms with Crippen LogP contribution in [-0.2, 0) is 19.8 Å². The monoisotopic (exact) mass is 305 g/mol. The number of fused-ring (bicyclic) bond motifs is 1. The molecule has 2 heterocycles. The van der Waals surface area contributed by atoms with Gasteiger partial charge >= 0.3 is 6.18 Å². The number of hydrogen-bond donors (Lipinski definition) is 1. The molecule has 0 unspecified atom stereocenters. The first-order valence-corrected chi connectivity index (χ1v) is 6.72. The van der Waals surface area contributed by atoms with Crippen molar-refractivity contribution in [2.24, 2.45) is 12.8 Å². The molecular weight excluding hydrogens is 291 g/mol. The average Bonchev–Trinajstić information content (AvgIpc) is 2.83. The van der Waals surface area contributed by atoms with Crippen LogP contribution in [0.2, 0.25) is 0 Å². The zero-order valence-corrected chi connectivity index (χ0v) is 11.9. The van der Waals surface area contributed by atoms with Gasteiger partial charge in [-0.25, -0.2) is 0 Å². The molecule has 22 heavy (non-hydrogen) atoms. The standard InChI is InChI=1S/C16H14F3N3/c1-22-14-8-12(16(17,18)19)3-2-11(14)7-15(22)13-6-10(9-20)4-5-21-13/h2-8H,9,20H2,1H3. The molecule has 0 aliphatic carbocycles. The summed E-state index contributed by atoms with van der Waals surface area (Å²) in [7, 11) is 1.73. The van der Waals surface area contributed by atoms with Crippen molar-refractivity contribution in [3.05, 3.63) is 53.7 Å². The minimum Gasteiger partial charge on any atom is -0.342 e. The van der Waals surface area contributed by atoms with E-state index in [1.165, 1.54) is 6.07 Å². The predicted octanol–water partition coefficient (Wildman–Crippen LogP) is 3.72. The van der Waals surface area contributed by atoms with Gasteiger partial charge < -0.3 is 10.3 Å². The lowest BCUT2D eigenvalue weighted by atomic mass is 10.1. The molecule has 3 rings (SSSR count). The number of rotatable bonds is 2. The summed E-state index contributed by atoms with van der Waals surface area (Å²) in [5.74, 6) is 0. The summed E-state index contributed by atoms with van der Waals surface area (Å²) in [4.78, 5) is 4.29. The lowest BCUT2D eigenvalue weighted by Crippen LogP contribution is -2.04. The van der Waals surface area contributed by atoms with E-state index >= 15 is 0 Å². The molecule has 3 aromatic rings. The topological polar surface area (TPSA) is 43.8 Å². The van der Waals surface area contributed by atoms with Crippen LogP contribution in [0.4, 0.5) is 13.2 Å². The first-order chi connectivity index (χ1) is 10.4. The zero-order valence-electron chi connectivity index (χ0n) is 11.9. The van der Waals surface area contributed by atoms with E-state index in [-0.39, 0.29) is 0 Å². The number of pyridine rings is 1. The number of hydrogen-bond acceptors (Lipinski definition) is 2. The number of aryl methyl sites for hydroxylation is 1. The third-order valence-corrected chi connectivity index (χ3v) is 3.70. The smallest absolute Gasteiger partial charge is 0.342 e. The van der Waals surface area contributed by atoms with Crippen LogP contribution in [0, 0.1) is 0 Å². The number of aromatic nitrogens is 2. The summed E-state index contributed by atoms with van der Waals surface area (Å²) in [5, 5.41) is 0.741. The van der Waals surface area contributed by atoms with E-state index in [9.17, 15) is 13.2 Å². The SMILES string of the molecule is Cn1c(-c2cc(CN)ccn2)cc2ccc(C(F)(F)F)cc21. The molecule has 0 saturated heterocycles. The Labute approximate surface area is 125 Å². The summed E-state index contributed by atoms with van der Waals surface area (Å²) in [5.41, 5.74) is 7.85. The third kappa shape index (κ3) is 2.46. The van der Waals surface area contributed by atoms with Gasteiger partial charge in [0.15, 0.2) is 0 Å². The fraction of sp³-hybridized carbons (Fsp3) is 0.188. The summed E-state index contributed by atoms with van der Waals surface area (Å²) >= 11 is 0. The number of nitrogens with zero attached hydrogens (tertiary/aromatic N) is 2. The second-order valence-electron chi connectivity index (χ2n) is 5.11. The number of alkyl halides is 3. The summed E-state index contributed by atoms with van der Waals surface area (Å²) in [6.45, 7) is 0.387. The van der Waals surface area contributed by atoms with E-state index in [1.807, 2.05) is 18.2 Å². The van der Waals surface area contributed by atoms with Gasteiger partial charge in [0, 0.05) is 30.7 Å². The Bertz CT molecular complexity index is 834. The minimum absolute atomic E-state index is 0.387. The molecule has 0 fully saturated rings. The van der Waals surface area contributed by atoms with Crippen molar-refractivity contribution >= 4 is 10.9 Å². The van der Waals surface area contributed by atoms with Gasteiger partial charge in [0.2, 0.25) is 0 Å². The van der Waals surface area contributed by atoms with Crippen molar-refractivity contribution in [2.45, 2.75) is 12.7 Å². The normalized spacial score (nSPS) is 12.0. The Morgan fingerprint density at radius 1 is 1.14 bits per heavy atom. The van der Waals surface area contributed by atoms with Crippen LogP contribution in [0.5, 0.6) is 0 Å². The van der Waals surface area contributed by atoms with Crippen molar-refractivity contribution in [1.82, 2.24) is 9.55 Å². The lowest BCUT2D eigenvalue weighted by molar-refractivity contribution is -0.137. The van der Waals surface area contributed by atoms with Gasteiger partial charge in [-0.2, -0.15) is 13.2 Å². The van der Waals surface area contributed by atoms with E-state index in [1.54, 1.807) is 17.8 Å². The molecule has 0 aliphatic heterocycles. The number of benzene rings is 1. The Hall–Kier alpha value is -2.34. The molecule has 0 radical (unpaired) electrons. The summed E-state index contributed by atoms with van der Waals surface area (Å²) in [6.07, 6.45) is -2.70. The summed E-state index contributed by atoms with van der Waals surface area (Å²) in [6, 6.07) is 9.22. The van der Waals surface area contributed by atoms with Gasteiger partial charge in [0.1, 0.15) is 0 Å². The molecular formula is C16H14F3N3. The van der Waals surface area contributed by atoms with Gasteiger partial charge in [-0.05, 0) is 35.9 Å². The van der Waals surface area contributed by atoms with Crippen molar-refractivity contribution in [2.75, 3.05) is 0 Å². The van der Waals surface area contributed by atoms with E-state index in [2.05, 4.69) is 4.98 Å². The molecule has 0 bridgehead atoms. The molecule has 6 heteroatoms. The Kier molecular flexibility index (Phi) is 3.41. The molecule has 0 saturated carbocycles. The molecule has 2 N–H and O–H groups in total. The molecule has 0 amide bonds. The Balaban J connectivity index is 2.17. The highest BCUT2D eigenvalue weighted by molar-refractivity contribution is 5.87. The van der Waals surface area contributed by atoms with Gasteiger partial charge in [0.25, 0.3) is 0 Å². The van der Waals surface area contributed by atoms with Crippen LogP contribution in [0.1, 0.15) is 11.1 Å². The highest BCUT2D eigenvalue weighted by atomic mass is 19.4. The Morgan fingerprint density at radius 3 is 2.59 bits per heavy atom. The van der Waals surface area contributed by atoms with E-state index in [4.69, 9.17) is 5.73 Å². The predicted molar refractivity (Wildman–Crippen MR) is 79.0 cm³/mol. The number of halogens is 3. The third-order valence-electron chi connectivity index (χ3n) is 3.70. The first-order valence-electron chi connectivity index (χ1n) is 6.72. The average molecular weight is 305 g/mol. The van der Waals surface area contributed by atoms with Crippen molar-refractivity contribution < 1.29 is 13.2 Å². The van der Waals surface area contributed by atoms with Crippen LogP contribution in [0.3, 0.4) is 0 Å². The molecule has 0 atom stereocenters. The largest absolute Gasteiger partial charge is 0.416 e. The fourth-order valence-corrected chi connectivity index (χ4v) is 2.49. The molecule has 0 spiro atoms. The van der Waals surface area contributed by atoms with Crippen molar-refractivity contribution in [3.63, 3.8) is 0 Å². The maximum Gasteiger partial charge on any atom is 0.416 e. The second-order valence-corrected chi connectivity index (χ2v) is 5.11. The van der Waals surface area contributed by atoms with Crippen LogP contribution in [0.25, 0.3) is 22.3 Å². The minimum atomic E-state index is -4.35. The van der Waals surface area contributed by atoms with Gasteiger partial charge in [-0.3, -0.25) is 4.98 Å². The highest BCUT2D eigenvalue weighted by Crippen LogP contribution is 2.33. The quantitative estimate of drug-likeness (QED) is 0.784. The van der Waals surface area contributed by atoms with Crippen LogP contribution in [-0.4, -0.2) is 9.55 Å². The van der Waals surface area contributed by atoms with Crippen molar-refractivity contribution in [1.29, 1.82) is 0 Å². The zero-order chi connectivity index (χ0) is 15.9. The molecule has 114 valence electrons. The maximum absolute atomic E-state index is 12.8. The second kappa shape index (κ2) is 5.14. The van der Waals surface area contributed by atoms with Crippen LogP contribution >= 0.6 is 0 Å². The molecule has 0 aliphatic rings. The van der Waals surface area contributed by atoms with Gasteiger partial charge in [-0.15, -0.1) is 0 Å². The van der Waals surface area contributed by atoms with E-state index in [0.29, 0.717) is 17.8 Å². The lowest BCUT2D eigenvalue weighted by Gasteiger charge is -2.08. The van der Waals surface area contributed by atoms with Crippen LogP contribution < -0.4 is 5.73 Å². The molecule has 2 aromatic heterocycles. The highest BCUT2D eigenvalue weighted by Gasteiger charge is 2.30. The first kappa shape index (κ1) is 14.6. The number of nitrogens with two attached hydrogens (primary N) is 1. The van der Waals surface area contributed by atoms with Gasteiger partial charge in [0.05, 0.1) is 17.0 Å². The summed E-state index contributed by atoms with van der Waals surface area (Å²) < 4.78 is 40.2. The van der Waals surface area contributed by atoms with Crippen LogP contribution in [0.15, 0.2) is 42.6 Å². The van der Waals surface area contributed by atoms with E-state index < -0.39 is 11.7 Å². The Morgan fingerprint density at radius 2 is 1.91 bits per heavy atom. The van der Waals surface area contributed by atoms with E-state index in [0.717, 1.165) is 28.8 Å². The fourth-order valence-electron chi connectivity index (χ4n) is 2.49. The van der Waals surface area contributed by atoms with Gasteiger partial charge in [-0.1, -0.05) is 6.07 Å².